The average Bonchev–Trinajstić information content (AvgIpc) is 2.06. The molecule has 0 bridgehead atoms. The highest BCUT2D eigenvalue weighted by atomic mass is 16.6. The van der Waals surface area contributed by atoms with Gasteiger partial charge in [-0.2, -0.15) is 0 Å². The summed E-state index contributed by atoms with van der Waals surface area (Å²) in [4.78, 5) is 26.7. The maximum atomic E-state index is 11.5. The van der Waals surface area contributed by atoms with Gasteiger partial charge in [0, 0.05) is 6.21 Å². The zero-order valence-electron chi connectivity index (χ0n) is 8.98. The molecule has 0 radical (unpaired) electrons. The first kappa shape index (κ1) is 11.4. The summed E-state index contributed by atoms with van der Waals surface area (Å²) in [6.07, 6.45) is 2.70. The van der Waals surface area contributed by atoms with E-state index in [0.717, 1.165) is 0 Å². The van der Waals surface area contributed by atoms with Gasteiger partial charge in [0.2, 0.25) is 11.8 Å². The summed E-state index contributed by atoms with van der Waals surface area (Å²) in [5, 5.41) is 0. The first-order chi connectivity index (χ1) is 6.81. The van der Waals surface area contributed by atoms with Crippen molar-refractivity contribution in [1.29, 1.82) is 0 Å². The number of ketones is 1. The first-order valence-corrected chi connectivity index (χ1v) is 4.57. The molecule has 0 aromatic carbocycles. The Labute approximate surface area is 88.0 Å². The minimum absolute atomic E-state index is 0.0286. The van der Waals surface area contributed by atoms with Crippen LogP contribution in [0.25, 0.3) is 0 Å². The van der Waals surface area contributed by atoms with Crippen molar-refractivity contribution in [2.24, 2.45) is 10.7 Å². The molecule has 82 valence electrons. The number of carbonyl (C=O) groups excluding carboxylic acids is 2. The predicted molar refractivity (Wildman–Crippen MR) is 55.4 cm³/mol. The summed E-state index contributed by atoms with van der Waals surface area (Å²) in [6.45, 7) is 5.17. The van der Waals surface area contributed by atoms with Crippen LogP contribution in [0.1, 0.15) is 20.8 Å². The van der Waals surface area contributed by atoms with Crippen molar-refractivity contribution < 1.29 is 14.3 Å². The molecule has 0 aliphatic carbocycles. The summed E-state index contributed by atoms with van der Waals surface area (Å²) in [5.74, 6) is -1.17. The maximum Gasteiger partial charge on any atom is 0.339 e. The molecule has 0 saturated heterocycles. The highest BCUT2D eigenvalue weighted by Crippen LogP contribution is 2.12. The Balaban J connectivity index is 2.75. The molecule has 0 aromatic rings. The molecular weight excluding hydrogens is 196 g/mol. The van der Waals surface area contributed by atoms with Crippen LogP contribution in [0.2, 0.25) is 0 Å². The third-order valence-electron chi connectivity index (χ3n) is 1.65. The minimum Gasteiger partial charge on any atom is -0.458 e. The SMILES string of the molecule is CC(C)(C)OC(=O)C1N=CC=C(N)C1=O. The normalized spacial score (nSPS) is 21.1. The number of rotatable bonds is 1. The summed E-state index contributed by atoms with van der Waals surface area (Å²) in [6, 6.07) is -1.14. The van der Waals surface area contributed by atoms with E-state index in [4.69, 9.17) is 10.5 Å². The van der Waals surface area contributed by atoms with Gasteiger partial charge in [0.1, 0.15) is 5.60 Å². The fourth-order valence-electron chi connectivity index (χ4n) is 1.04. The molecule has 1 aliphatic heterocycles. The second-order valence-corrected chi connectivity index (χ2v) is 4.22. The standard InChI is InChI=1S/C10H14N2O3/c1-10(2,3)15-9(14)7-8(13)6(11)4-5-12-7/h4-5,7H,11H2,1-3H3. The quantitative estimate of drug-likeness (QED) is 0.495. The van der Waals surface area contributed by atoms with Crippen LogP contribution in [0.15, 0.2) is 16.8 Å². The first-order valence-electron chi connectivity index (χ1n) is 4.57. The van der Waals surface area contributed by atoms with E-state index in [9.17, 15) is 9.59 Å². The number of allylic oxidation sites excluding steroid dienone is 1. The van der Waals surface area contributed by atoms with E-state index in [1.54, 1.807) is 20.8 Å². The Kier molecular flexibility index (Phi) is 2.93. The number of Topliss-reactive ketones (excluding diaryl/α,β-unsaturated/α-hetero) is 1. The average molecular weight is 210 g/mol. The second-order valence-electron chi connectivity index (χ2n) is 4.22. The van der Waals surface area contributed by atoms with Crippen LogP contribution in [-0.4, -0.2) is 29.6 Å². The van der Waals surface area contributed by atoms with Gasteiger partial charge < -0.3 is 10.5 Å². The maximum absolute atomic E-state index is 11.5. The molecule has 0 saturated carbocycles. The van der Waals surface area contributed by atoms with E-state index < -0.39 is 23.4 Å². The monoisotopic (exact) mass is 210 g/mol. The fraction of sp³-hybridized carbons (Fsp3) is 0.500. The van der Waals surface area contributed by atoms with Gasteiger partial charge in [0.25, 0.3) is 0 Å². The van der Waals surface area contributed by atoms with E-state index in [1.807, 2.05) is 0 Å². The topological polar surface area (TPSA) is 81.8 Å². The Hall–Kier alpha value is -1.65. The molecule has 1 heterocycles. The molecule has 0 spiro atoms. The van der Waals surface area contributed by atoms with Crippen molar-refractivity contribution in [1.82, 2.24) is 0 Å². The summed E-state index contributed by atoms with van der Waals surface area (Å²) >= 11 is 0. The van der Waals surface area contributed by atoms with Gasteiger partial charge in [-0.3, -0.25) is 9.79 Å². The van der Waals surface area contributed by atoms with Gasteiger partial charge >= 0.3 is 5.97 Å². The summed E-state index contributed by atoms with van der Waals surface area (Å²) in [7, 11) is 0. The molecule has 0 amide bonds. The van der Waals surface area contributed by atoms with E-state index >= 15 is 0 Å². The lowest BCUT2D eigenvalue weighted by Gasteiger charge is -2.22. The lowest BCUT2D eigenvalue weighted by molar-refractivity contribution is -0.157. The van der Waals surface area contributed by atoms with E-state index in [1.165, 1.54) is 12.3 Å². The number of hydrogen-bond donors (Lipinski definition) is 1. The molecule has 1 atom stereocenters. The van der Waals surface area contributed by atoms with Crippen molar-refractivity contribution in [3.8, 4) is 0 Å². The lowest BCUT2D eigenvalue weighted by Crippen LogP contribution is -2.39. The number of carbonyl (C=O) groups is 2. The molecule has 1 rings (SSSR count). The number of ether oxygens (including phenoxy) is 1. The van der Waals surface area contributed by atoms with Gasteiger partial charge in [-0.15, -0.1) is 0 Å². The Morgan fingerprint density at radius 3 is 2.67 bits per heavy atom. The Morgan fingerprint density at radius 2 is 2.13 bits per heavy atom. The van der Waals surface area contributed by atoms with Crippen molar-refractivity contribution in [3.63, 3.8) is 0 Å². The van der Waals surface area contributed by atoms with Crippen molar-refractivity contribution >= 4 is 18.0 Å². The third kappa shape index (κ3) is 2.90. The van der Waals surface area contributed by atoms with Crippen molar-refractivity contribution in [2.45, 2.75) is 32.4 Å². The number of hydrogen-bond acceptors (Lipinski definition) is 5. The van der Waals surface area contributed by atoms with Crippen LogP contribution in [-0.2, 0) is 14.3 Å². The van der Waals surface area contributed by atoms with E-state index in [2.05, 4.69) is 4.99 Å². The number of nitrogens with two attached hydrogens (primary N) is 1. The largest absolute Gasteiger partial charge is 0.458 e. The van der Waals surface area contributed by atoms with Crippen LogP contribution >= 0.6 is 0 Å². The number of esters is 1. The van der Waals surface area contributed by atoms with Crippen molar-refractivity contribution in [2.75, 3.05) is 0 Å². The van der Waals surface area contributed by atoms with Gasteiger partial charge in [0.05, 0.1) is 5.70 Å². The van der Waals surface area contributed by atoms with Gasteiger partial charge in [0.15, 0.2) is 0 Å². The second kappa shape index (κ2) is 3.84. The Morgan fingerprint density at radius 1 is 1.53 bits per heavy atom. The van der Waals surface area contributed by atoms with Crippen LogP contribution in [0, 0.1) is 0 Å². The summed E-state index contributed by atoms with van der Waals surface area (Å²) in [5.41, 5.74) is 4.78. The zero-order chi connectivity index (χ0) is 11.6. The van der Waals surface area contributed by atoms with Crippen molar-refractivity contribution in [3.05, 3.63) is 11.8 Å². The van der Waals surface area contributed by atoms with Gasteiger partial charge in [-0.25, -0.2) is 4.79 Å². The van der Waals surface area contributed by atoms with Crippen LogP contribution in [0.5, 0.6) is 0 Å². The number of nitrogens with zero attached hydrogens (tertiary/aromatic N) is 1. The van der Waals surface area contributed by atoms with Gasteiger partial charge in [-0.05, 0) is 26.8 Å². The van der Waals surface area contributed by atoms with Crippen LogP contribution < -0.4 is 5.73 Å². The van der Waals surface area contributed by atoms with Crippen LogP contribution in [0.3, 0.4) is 0 Å². The minimum atomic E-state index is -1.14. The molecule has 5 heteroatoms. The molecule has 0 aromatic heterocycles. The molecule has 1 aliphatic rings. The van der Waals surface area contributed by atoms with E-state index in [0.29, 0.717) is 0 Å². The molecule has 0 fully saturated rings. The third-order valence-corrected chi connectivity index (χ3v) is 1.65. The smallest absolute Gasteiger partial charge is 0.339 e. The number of dihydropyridines is 1. The molecular formula is C10H14N2O3. The summed E-state index contributed by atoms with van der Waals surface area (Å²) < 4.78 is 5.04. The molecule has 1 unspecified atom stereocenters. The molecule has 15 heavy (non-hydrogen) atoms. The highest BCUT2D eigenvalue weighted by molar-refractivity contribution is 6.15. The highest BCUT2D eigenvalue weighted by Gasteiger charge is 2.32. The van der Waals surface area contributed by atoms with Crippen LogP contribution in [0.4, 0.5) is 0 Å². The molecule has 2 N–H and O–H groups in total. The lowest BCUT2D eigenvalue weighted by atomic mass is 10.1. The Bertz CT molecular complexity index is 350. The fourth-order valence-corrected chi connectivity index (χ4v) is 1.04. The van der Waals surface area contributed by atoms with E-state index in [-0.39, 0.29) is 5.70 Å². The predicted octanol–water partition coefficient (Wildman–Crippen LogP) is 0.193. The zero-order valence-corrected chi connectivity index (χ0v) is 8.98. The molecule has 5 nitrogen and oxygen atoms in total. The number of aliphatic imine (C=N–C) groups is 1. The van der Waals surface area contributed by atoms with Gasteiger partial charge in [-0.1, -0.05) is 0 Å².